The zero-order valence-electron chi connectivity index (χ0n) is 7.63. The highest BCUT2D eigenvalue weighted by molar-refractivity contribution is 4.82. The maximum atomic E-state index is 9.58. The molecule has 0 radical (unpaired) electrons. The van der Waals surface area contributed by atoms with Gasteiger partial charge in [0.15, 0.2) is 0 Å². The molecule has 1 fully saturated rings. The Balaban J connectivity index is 2.55. The molecule has 2 nitrogen and oxygen atoms in total. The van der Waals surface area contributed by atoms with Crippen LogP contribution in [0.1, 0.15) is 27.2 Å². The molecule has 1 N–H and O–H groups in total. The molecule has 1 heterocycles. The highest BCUT2D eigenvalue weighted by Crippen LogP contribution is 2.33. The van der Waals surface area contributed by atoms with E-state index in [0.717, 1.165) is 13.0 Å². The zero-order chi connectivity index (χ0) is 8.48. The smallest absolute Gasteiger partial charge is 0.0807 e. The molecule has 1 aliphatic heterocycles. The van der Waals surface area contributed by atoms with Crippen LogP contribution >= 0.6 is 0 Å². The van der Waals surface area contributed by atoms with E-state index in [2.05, 4.69) is 20.8 Å². The summed E-state index contributed by atoms with van der Waals surface area (Å²) < 4.78 is 5.16. The summed E-state index contributed by atoms with van der Waals surface area (Å²) in [6, 6.07) is 0. The van der Waals surface area contributed by atoms with E-state index in [0.29, 0.717) is 12.5 Å². The van der Waals surface area contributed by atoms with Crippen molar-refractivity contribution in [1.82, 2.24) is 0 Å². The molecular formula is C9H18O2. The number of aliphatic hydroxyl groups is 1. The molecule has 2 unspecified atom stereocenters. The van der Waals surface area contributed by atoms with Crippen molar-refractivity contribution >= 4 is 0 Å². The molecule has 66 valence electrons. The maximum absolute atomic E-state index is 9.58. The van der Waals surface area contributed by atoms with Gasteiger partial charge in [-0.3, -0.25) is 0 Å². The van der Waals surface area contributed by atoms with Gasteiger partial charge in [-0.1, -0.05) is 20.8 Å². The van der Waals surface area contributed by atoms with Gasteiger partial charge in [-0.15, -0.1) is 0 Å². The van der Waals surface area contributed by atoms with E-state index in [1.54, 1.807) is 0 Å². The molecule has 0 bridgehead atoms. The normalized spacial score (nSPS) is 33.8. The van der Waals surface area contributed by atoms with E-state index in [4.69, 9.17) is 4.74 Å². The van der Waals surface area contributed by atoms with Crippen LogP contribution in [0.4, 0.5) is 0 Å². The second-order valence-electron chi connectivity index (χ2n) is 4.40. The third-order valence-electron chi connectivity index (χ3n) is 2.44. The number of rotatable bonds is 0. The molecule has 1 rings (SSSR count). The number of hydrogen-bond acceptors (Lipinski definition) is 2. The number of hydrogen-bond donors (Lipinski definition) is 1. The molecule has 0 aromatic carbocycles. The molecule has 11 heavy (non-hydrogen) atoms. The zero-order valence-corrected chi connectivity index (χ0v) is 7.63. The second kappa shape index (κ2) is 3.11. The van der Waals surface area contributed by atoms with Gasteiger partial charge < -0.3 is 9.84 Å². The SMILES string of the molecule is CC(C)(C)C1CCOCC1O. The molecule has 2 heteroatoms. The van der Waals surface area contributed by atoms with Crippen LogP contribution in [0.3, 0.4) is 0 Å². The van der Waals surface area contributed by atoms with Crippen molar-refractivity contribution in [3.05, 3.63) is 0 Å². The van der Waals surface area contributed by atoms with Crippen LogP contribution in [0.5, 0.6) is 0 Å². The van der Waals surface area contributed by atoms with Crippen molar-refractivity contribution in [2.75, 3.05) is 13.2 Å². The third kappa shape index (κ3) is 2.17. The lowest BCUT2D eigenvalue weighted by Gasteiger charge is -2.37. The van der Waals surface area contributed by atoms with E-state index in [1.807, 2.05) is 0 Å². The monoisotopic (exact) mass is 158 g/mol. The minimum absolute atomic E-state index is 0.212. The highest BCUT2D eigenvalue weighted by atomic mass is 16.5. The van der Waals surface area contributed by atoms with Gasteiger partial charge in [-0.2, -0.15) is 0 Å². The summed E-state index contributed by atoms with van der Waals surface area (Å²) in [5.74, 6) is 0.399. The van der Waals surface area contributed by atoms with Gasteiger partial charge in [0.2, 0.25) is 0 Å². The highest BCUT2D eigenvalue weighted by Gasteiger charge is 2.33. The van der Waals surface area contributed by atoms with E-state index in [1.165, 1.54) is 0 Å². The summed E-state index contributed by atoms with van der Waals surface area (Å²) in [6.07, 6.45) is 0.730. The van der Waals surface area contributed by atoms with E-state index < -0.39 is 0 Å². The lowest BCUT2D eigenvalue weighted by molar-refractivity contribution is -0.0765. The minimum Gasteiger partial charge on any atom is -0.390 e. The number of aliphatic hydroxyl groups excluding tert-OH is 1. The Kier molecular flexibility index (Phi) is 2.55. The quantitative estimate of drug-likeness (QED) is 0.578. The summed E-state index contributed by atoms with van der Waals surface area (Å²) in [4.78, 5) is 0. The van der Waals surface area contributed by atoms with Crippen molar-refractivity contribution in [3.63, 3.8) is 0 Å². The Morgan fingerprint density at radius 1 is 1.36 bits per heavy atom. The molecule has 1 aliphatic rings. The molecular weight excluding hydrogens is 140 g/mol. The largest absolute Gasteiger partial charge is 0.390 e. The fraction of sp³-hybridized carbons (Fsp3) is 1.00. The minimum atomic E-state index is -0.260. The fourth-order valence-electron chi connectivity index (χ4n) is 1.73. The summed E-state index contributed by atoms with van der Waals surface area (Å²) >= 11 is 0. The molecule has 2 atom stereocenters. The van der Waals surface area contributed by atoms with E-state index >= 15 is 0 Å². The van der Waals surface area contributed by atoms with Gasteiger partial charge in [-0.05, 0) is 17.8 Å². The molecule has 0 saturated carbocycles. The first-order valence-corrected chi connectivity index (χ1v) is 4.27. The molecule has 1 saturated heterocycles. The Hall–Kier alpha value is -0.0800. The Bertz CT molecular complexity index is 126. The van der Waals surface area contributed by atoms with Crippen molar-refractivity contribution in [2.24, 2.45) is 11.3 Å². The van der Waals surface area contributed by atoms with Gasteiger partial charge in [0.05, 0.1) is 12.7 Å². The summed E-state index contributed by atoms with van der Waals surface area (Å²) in [5.41, 5.74) is 0.212. The number of ether oxygens (including phenoxy) is 1. The van der Waals surface area contributed by atoms with E-state index in [9.17, 15) is 5.11 Å². The Morgan fingerprint density at radius 3 is 2.36 bits per heavy atom. The maximum Gasteiger partial charge on any atom is 0.0807 e. The Morgan fingerprint density at radius 2 is 2.00 bits per heavy atom. The van der Waals surface area contributed by atoms with Crippen LogP contribution in [0.2, 0.25) is 0 Å². The molecule has 0 aromatic rings. The first kappa shape index (κ1) is 9.01. The second-order valence-corrected chi connectivity index (χ2v) is 4.40. The summed E-state index contributed by atoms with van der Waals surface area (Å²) in [5, 5.41) is 9.58. The lowest BCUT2D eigenvalue weighted by atomic mass is 9.75. The van der Waals surface area contributed by atoms with Crippen molar-refractivity contribution < 1.29 is 9.84 Å². The summed E-state index contributed by atoms with van der Waals surface area (Å²) in [7, 11) is 0. The first-order valence-electron chi connectivity index (χ1n) is 4.27. The van der Waals surface area contributed by atoms with Crippen molar-refractivity contribution in [2.45, 2.75) is 33.3 Å². The molecule has 0 aliphatic carbocycles. The van der Waals surface area contributed by atoms with Crippen LogP contribution in [0.15, 0.2) is 0 Å². The lowest BCUT2D eigenvalue weighted by Crippen LogP contribution is -2.39. The van der Waals surface area contributed by atoms with E-state index in [-0.39, 0.29) is 11.5 Å². The van der Waals surface area contributed by atoms with Crippen LogP contribution in [0, 0.1) is 11.3 Å². The predicted octanol–water partition coefficient (Wildman–Crippen LogP) is 1.43. The van der Waals surface area contributed by atoms with Crippen LogP contribution < -0.4 is 0 Å². The van der Waals surface area contributed by atoms with Crippen molar-refractivity contribution in [1.29, 1.82) is 0 Å². The van der Waals surface area contributed by atoms with Gasteiger partial charge in [0, 0.05) is 6.61 Å². The predicted molar refractivity (Wildman–Crippen MR) is 44.4 cm³/mol. The fourth-order valence-corrected chi connectivity index (χ4v) is 1.73. The third-order valence-corrected chi connectivity index (χ3v) is 2.44. The van der Waals surface area contributed by atoms with Gasteiger partial charge >= 0.3 is 0 Å². The average Bonchev–Trinajstić information content (AvgIpc) is 1.86. The van der Waals surface area contributed by atoms with Gasteiger partial charge in [0.1, 0.15) is 0 Å². The first-order chi connectivity index (χ1) is 5.02. The van der Waals surface area contributed by atoms with Crippen LogP contribution in [0.25, 0.3) is 0 Å². The van der Waals surface area contributed by atoms with Crippen LogP contribution in [-0.2, 0) is 4.74 Å². The van der Waals surface area contributed by atoms with Crippen molar-refractivity contribution in [3.8, 4) is 0 Å². The molecule has 0 aromatic heterocycles. The standard InChI is InChI=1S/C9H18O2/c1-9(2,3)7-4-5-11-6-8(7)10/h7-8,10H,4-6H2,1-3H3. The molecule has 0 spiro atoms. The molecule has 0 amide bonds. The van der Waals surface area contributed by atoms with Crippen LogP contribution in [-0.4, -0.2) is 24.4 Å². The Labute approximate surface area is 68.6 Å². The van der Waals surface area contributed by atoms with Gasteiger partial charge in [-0.25, -0.2) is 0 Å². The van der Waals surface area contributed by atoms with Gasteiger partial charge in [0.25, 0.3) is 0 Å². The topological polar surface area (TPSA) is 29.5 Å². The summed E-state index contributed by atoms with van der Waals surface area (Å²) in [6.45, 7) is 7.84. The average molecular weight is 158 g/mol.